The molecule has 0 unspecified atom stereocenters. The molecule has 27 heavy (non-hydrogen) atoms. The largest absolute Gasteiger partial charge is 1.00 e. The summed E-state index contributed by atoms with van der Waals surface area (Å²) in [6.45, 7) is 3.30. The molecule has 1 aromatic carbocycles. The molecule has 0 saturated heterocycles. The number of aryl methyl sites for hydroxylation is 1. The lowest BCUT2D eigenvalue weighted by atomic mass is 10.3. The van der Waals surface area contributed by atoms with Gasteiger partial charge < -0.3 is 22.3 Å². The molecule has 3 aromatic rings. The van der Waals surface area contributed by atoms with Crippen molar-refractivity contribution >= 4 is 54.6 Å². The van der Waals surface area contributed by atoms with Crippen LogP contribution >= 0.6 is 22.7 Å². The number of sulfonamides is 1. The molecule has 12 heteroatoms. The molecule has 2 heterocycles. The second-order valence-electron chi connectivity index (χ2n) is 5.44. The van der Waals surface area contributed by atoms with Crippen LogP contribution < -0.4 is 32.8 Å². The van der Waals surface area contributed by atoms with Gasteiger partial charge in [-0.25, -0.2) is 18.5 Å². The van der Waals surface area contributed by atoms with Crippen LogP contribution in [0, 0.1) is 6.92 Å². The average molecular weight is 490 g/mol. The molecule has 0 fully saturated rings. The Kier molecular flexibility index (Phi) is 6.83. The van der Waals surface area contributed by atoms with Gasteiger partial charge in [0, 0.05) is 24.4 Å². The molecule has 3 rings (SSSR count). The number of amides is 1. The van der Waals surface area contributed by atoms with Crippen molar-refractivity contribution < 1.29 is 35.5 Å². The van der Waals surface area contributed by atoms with Gasteiger partial charge in [-0.15, -0.1) is 0 Å². The number of thiazole rings is 2. The minimum absolute atomic E-state index is 0. The number of rotatable bonds is 5. The number of benzene rings is 1. The van der Waals surface area contributed by atoms with Crippen LogP contribution in [-0.4, -0.2) is 24.3 Å². The number of aromatic nitrogens is 2. The maximum absolute atomic E-state index is 11.3. The van der Waals surface area contributed by atoms with Gasteiger partial charge in [0.05, 0.1) is 21.2 Å². The Morgan fingerprint density at radius 3 is 2.48 bits per heavy atom. The van der Waals surface area contributed by atoms with E-state index in [0.29, 0.717) is 5.13 Å². The Labute approximate surface area is 174 Å². The zero-order valence-corrected chi connectivity index (χ0v) is 18.3. The number of nitrogens with two attached hydrogens (primary N) is 2. The first-order chi connectivity index (χ1) is 12.2. The first kappa shape index (κ1) is 21.6. The van der Waals surface area contributed by atoms with Crippen LogP contribution in [0.15, 0.2) is 34.5 Å². The van der Waals surface area contributed by atoms with Crippen molar-refractivity contribution in [3.63, 3.8) is 0 Å². The van der Waals surface area contributed by atoms with Crippen molar-refractivity contribution in [3.8, 4) is 10.6 Å². The molecule has 0 saturated carbocycles. The zero-order valence-electron chi connectivity index (χ0n) is 14.3. The van der Waals surface area contributed by atoms with E-state index < -0.39 is 10.0 Å². The molecular weight excluding hydrogens is 474 g/mol. The summed E-state index contributed by atoms with van der Waals surface area (Å²) < 4.78 is 22.6. The third-order valence-corrected chi connectivity index (χ3v) is 6.15. The van der Waals surface area contributed by atoms with E-state index in [4.69, 9.17) is 5.14 Å². The summed E-state index contributed by atoms with van der Waals surface area (Å²) in [5, 5.41) is 12.9. The zero-order chi connectivity index (χ0) is 18.9. The highest BCUT2D eigenvalue weighted by atomic mass is 79.9. The molecule has 8 nitrogen and oxygen atoms in total. The number of hydrogen-bond donors (Lipinski definition) is 3. The number of primary sulfonamides is 1. The maximum Gasteiger partial charge on any atom is 0.288 e. The standard InChI is InChI=1S/C15H15N5O3S3.BrH/c1-8-13(25-15(17-8)18-9(2)21)12-7-24-14(20-12)19-10-3-5-11(6-4-10)26(16,22)23;/h3-7H,1-2H3,(H,19,20)(H2,16,22,23)(H,17,18,21);1H. The summed E-state index contributed by atoms with van der Waals surface area (Å²) in [6.07, 6.45) is 0. The first-order valence-corrected chi connectivity index (χ1v) is 10.6. The molecule has 0 bridgehead atoms. The van der Waals surface area contributed by atoms with Crippen molar-refractivity contribution in [1.82, 2.24) is 9.97 Å². The molecule has 144 valence electrons. The third-order valence-electron chi connectivity index (χ3n) is 3.33. The van der Waals surface area contributed by atoms with Crippen LogP contribution in [0.2, 0.25) is 0 Å². The molecule has 0 aliphatic heterocycles. The fraction of sp³-hybridized carbons (Fsp3) is 0.133. The Morgan fingerprint density at radius 1 is 1.22 bits per heavy atom. The van der Waals surface area contributed by atoms with Gasteiger partial charge in [-0.3, -0.25) is 10.1 Å². The number of nitrogens with zero attached hydrogens (tertiary/aromatic N) is 2. The van der Waals surface area contributed by atoms with E-state index in [9.17, 15) is 13.2 Å². The predicted octanol–water partition coefficient (Wildman–Crippen LogP) is -1.29. The fourth-order valence-electron chi connectivity index (χ4n) is 2.19. The van der Waals surface area contributed by atoms with Crippen molar-refractivity contribution in [2.24, 2.45) is 5.14 Å². The Morgan fingerprint density at radius 2 is 1.89 bits per heavy atom. The van der Waals surface area contributed by atoms with Crippen molar-refractivity contribution in [2.45, 2.75) is 18.7 Å². The lowest BCUT2D eigenvalue weighted by Crippen LogP contribution is -3.00. The van der Waals surface area contributed by atoms with Gasteiger partial charge in [0.15, 0.2) is 5.13 Å². The highest BCUT2D eigenvalue weighted by Crippen LogP contribution is 2.33. The minimum Gasteiger partial charge on any atom is -1.00 e. The van der Waals surface area contributed by atoms with E-state index in [1.165, 1.54) is 41.7 Å². The van der Waals surface area contributed by atoms with E-state index in [0.717, 1.165) is 27.1 Å². The Bertz CT molecular complexity index is 1060. The number of anilines is 1. The van der Waals surface area contributed by atoms with Crippen LogP contribution in [0.4, 0.5) is 16.0 Å². The van der Waals surface area contributed by atoms with Crippen molar-refractivity contribution in [3.05, 3.63) is 35.3 Å². The molecular formula is C15H16BrN5O3S3. The van der Waals surface area contributed by atoms with E-state index in [1.54, 1.807) is 12.1 Å². The van der Waals surface area contributed by atoms with Crippen LogP contribution in [0.5, 0.6) is 0 Å². The van der Waals surface area contributed by atoms with E-state index in [1.807, 2.05) is 17.6 Å². The smallest absolute Gasteiger partial charge is 0.288 e. The van der Waals surface area contributed by atoms with Gasteiger partial charge in [0.1, 0.15) is 5.69 Å². The first-order valence-electron chi connectivity index (χ1n) is 7.41. The number of nitrogens with one attached hydrogen (secondary N) is 1. The molecule has 0 atom stereocenters. The maximum atomic E-state index is 11.3. The molecule has 0 aliphatic carbocycles. The summed E-state index contributed by atoms with van der Waals surface area (Å²) in [4.78, 5) is 21.0. The molecule has 5 N–H and O–H groups in total. The van der Waals surface area contributed by atoms with Crippen molar-refractivity contribution in [1.29, 1.82) is 0 Å². The van der Waals surface area contributed by atoms with Crippen LogP contribution in [0.25, 0.3) is 10.6 Å². The summed E-state index contributed by atoms with van der Waals surface area (Å²) in [6, 6.07) is 6.27. The lowest BCUT2D eigenvalue weighted by Gasteiger charge is -1.99. The van der Waals surface area contributed by atoms with Crippen LogP contribution in [-0.2, 0) is 14.8 Å². The van der Waals surface area contributed by atoms with Crippen LogP contribution in [0.1, 0.15) is 12.6 Å². The number of hydrogen-bond acceptors (Lipinski definition) is 7. The van der Waals surface area contributed by atoms with E-state index in [-0.39, 0.29) is 27.8 Å². The van der Waals surface area contributed by atoms with Gasteiger partial charge in [0.2, 0.25) is 15.9 Å². The highest BCUT2D eigenvalue weighted by Gasteiger charge is 2.16. The molecule has 0 aliphatic rings. The van der Waals surface area contributed by atoms with Gasteiger partial charge in [-0.2, -0.15) is 4.98 Å². The van der Waals surface area contributed by atoms with Crippen LogP contribution in [0.3, 0.4) is 0 Å². The van der Waals surface area contributed by atoms with Gasteiger partial charge in [0.25, 0.3) is 5.13 Å². The minimum atomic E-state index is -3.70. The number of quaternary nitrogens is 1. The summed E-state index contributed by atoms with van der Waals surface area (Å²) in [5.41, 5.74) is 2.40. The normalized spacial score (nSPS) is 11.1. The Hall–Kier alpha value is -1.70. The average Bonchev–Trinajstić information content (AvgIpc) is 3.13. The summed E-state index contributed by atoms with van der Waals surface area (Å²) in [7, 11) is -3.70. The number of halogens is 1. The predicted molar refractivity (Wildman–Crippen MR) is 101 cm³/mol. The van der Waals surface area contributed by atoms with Gasteiger partial charge >= 0.3 is 0 Å². The third kappa shape index (κ3) is 5.40. The lowest BCUT2D eigenvalue weighted by molar-refractivity contribution is -0.478. The van der Waals surface area contributed by atoms with E-state index in [2.05, 4.69) is 15.3 Å². The molecule has 0 spiro atoms. The Balaban J connectivity index is 0.00000261. The van der Waals surface area contributed by atoms with Crippen molar-refractivity contribution in [2.75, 3.05) is 5.32 Å². The second kappa shape index (κ2) is 8.54. The fourth-order valence-corrected chi connectivity index (χ4v) is 4.51. The van der Waals surface area contributed by atoms with Gasteiger partial charge in [-0.05, 0) is 19.1 Å². The summed E-state index contributed by atoms with van der Waals surface area (Å²) >= 11 is 2.83. The summed E-state index contributed by atoms with van der Waals surface area (Å²) in [5.74, 6) is -0.166. The molecule has 2 aromatic heterocycles. The SMILES string of the molecule is CC(=O)Nc1nc(C)c(-c2csc([NH2+]c3ccc(S(N)(=O)=O)cc3)n2)s1.[Br-]. The number of carbonyl (C=O) groups excluding carboxylic acids is 1. The second-order valence-corrected chi connectivity index (χ2v) is 8.89. The topological polar surface area (TPSA) is 132 Å². The van der Waals surface area contributed by atoms with Gasteiger partial charge in [-0.1, -0.05) is 22.7 Å². The highest BCUT2D eigenvalue weighted by molar-refractivity contribution is 7.89. The number of carbonyl (C=O) groups is 1. The molecule has 1 amide bonds. The quantitative estimate of drug-likeness (QED) is 0.383. The van der Waals surface area contributed by atoms with E-state index >= 15 is 0 Å². The molecule has 0 radical (unpaired) electrons. The monoisotopic (exact) mass is 489 g/mol.